The normalized spacial score (nSPS) is 30.3. The lowest BCUT2D eigenvalue weighted by Gasteiger charge is -2.35. The zero-order chi connectivity index (χ0) is 11.5. The lowest BCUT2D eigenvalue weighted by Crippen LogP contribution is -2.48. The van der Waals surface area contributed by atoms with Crippen LogP contribution in [0.15, 0.2) is 18.3 Å². The van der Waals surface area contributed by atoms with Crippen LogP contribution in [0.3, 0.4) is 0 Å². The Hall–Kier alpha value is -1.00. The van der Waals surface area contributed by atoms with Gasteiger partial charge in [0.25, 0.3) is 0 Å². The highest BCUT2D eigenvalue weighted by Crippen LogP contribution is 2.24. The number of halogens is 1. The number of morpholine rings is 1. The molecule has 0 bridgehead atoms. The molecule has 1 aromatic rings. The third-order valence-electron chi connectivity index (χ3n) is 2.96. The highest BCUT2D eigenvalue weighted by atomic mass is 19.1. The monoisotopic (exact) mass is 224 g/mol. The molecule has 1 aromatic heterocycles. The highest BCUT2D eigenvalue weighted by Gasteiger charge is 2.28. The number of hydrogen-bond acceptors (Lipinski definition) is 3. The Morgan fingerprint density at radius 1 is 1.56 bits per heavy atom. The van der Waals surface area contributed by atoms with Gasteiger partial charge in [0.15, 0.2) is 0 Å². The van der Waals surface area contributed by atoms with Gasteiger partial charge in [0, 0.05) is 12.1 Å². The first-order valence-corrected chi connectivity index (χ1v) is 5.69. The predicted molar refractivity (Wildman–Crippen MR) is 59.6 cm³/mol. The summed E-state index contributed by atoms with van der Waals surface area (Å²) in [5.41, 5.74) is 0.788. The molecule has 0 radical (unpaired) electrons. The van der Waals surface area contributed by atoms with E-state index in [1.165, 1.54) is 12.3 Å². The number of nitrogens with one attached hydrogen (secondary N) is 1. The van der Waals surface area contributed by atoms with Gasteiger partial charge >= 0.3 is 0 Å². The van der Waals surface area contributed by atoms with E-state index in [0.717, 1.165) is 12.1 Å². The van der Waals surface area contributed by atoms with Crippen LogP contribution >= 0.6 is 0 Å². The van der Waals surface area contributed by atoms with Crippen LogP contribution in [-0.4, -0.2) is 23.7 Å². The summed E-state index contributed by atoms with van der Waals surface area (Å²) in [4.78, 5) is 4.06. The largest absolute Gasteiger partial charge is 0.369 e. The van der Waals surface area contributed by atoms with Crippen LogP contribution in [0.25, 0.3) is 0 Å². The molecule has 0 spiro atoms. The van der Waals surface area contributed by atoms with Crippen molar-refractivity contribution in [3.8, 4) is 0 Å². The van der Waals surface area contributed by atoms with Crippen LogP contribution in [0.4, 0.5) is 4.39 Å². The number of pyridine rings is 1. The summed E-state index contributed by atoms with van der Waals surface area (Å²) in [7, 11) is 0. The second-order valence-electron chi connectivity index (χ2n) is 4.22. The molecule has 0 amide bonds. The summed E-state index contributed by atoms with van der Waals surface area (Å²) in [6, 6.07) is 3.72. The predicted octanol–water partition coefficient (Wildman–Crippen LogP) is 2.05. The van der Waals surface area contributed by atoms with E-state index < -0.39 is 0 Å². The average Bonchev–Trinajstić information content (AvgIpc) is 2.30. The maximum atomic E-state index is 12.7. The average molecular weight is 224 g/mol. The quantitative estimate of drug-likeness (QED) is 0.834. The highest BCUT2D eigenvalue weighted by molar-refractivity contribution is 5.11. The van der Waals surface area contributed by atoms with E-state index >= 15 is 0 Å². The maximum absolute atomic E-state index is 12.7. The number of aromatic nitrogens is 1. The molecular formula is C12H17FN2O. The molecule has 16 heavy (non-hydrogen) atoms. The fraction of sp³-hybridized carbons (Fsp3) is 0.583. The number of rotatable bonds is 2. The topological polar surface area (TPSA) is 34.1 Å². The minimum atomic E-state index is -0.313. The van der Waals surface area contributed by atoms with E-state index in [9.17, 15) is 4.39 Å². The Labute approximate surface area is 95.0 Å². The summed E-state index contributed by atoms with van der Waals surface area (Å²) < 4.78 is 18.5. The van der Waals surface area contributed by atoms with Crippen molar-refractivity contribution in [2.75, 3.05) is 6.61 Å². The van der Waals surface area contributed by atoms with Gasteiger partial charge in [-0.1, -0.05) is 6.92 Å². The molecular weight excluding hydrogens is 207 g/mol. The van der Waals surface area contributed by atoms with Crippen LogP contribution in [0.5, 0.6) is 0 Å². The summed E-state index contributed by atoms with van der Waals surface area (Å²) in [5, 5.41) is 3.47. The first-order chi connectivity index (χ1) is 7.70. The minimum Gasteiger partial charge on any atom is -0.369 e. The lowest BCUT2D eigenvalue weighted by atomic mass is 10.0. The smallest absolute Gasteiger partial charge is 0.141 e. The molecule has 3 atom stereocenters. The Bertz CT molecular complexity index is 341. The third-order valence-corrected chi connectivity index (χ3v) is 2.96. The van der Waals surface area contributed by atoms with Crippen molar-refractivity contribution in [1.82, 2.24) is 10.3 Å². The fourth-order valence-corrected chi connectivity index (χ4v) is 2.00. The van der Waals surface area contributed by atoms with Crippen LogP contribution in [0, 0.1) is 5.82 Å². The summed E-state index contributed by atoms with van der Waals surface area (Å²) in [5.74, 6) is -0.313. The molecule has 88 valence electrons. The molecule has 1 N–H and O–H groups in total. The molecule has 2 rings (SSSR count). The van der Waals surface area contributed by atoms with Gasteiger partial charge in [-0.2, -0.15) is 0 Å². The first kappa shape index (κ1) is 11.5. The van der Waals surface area contributed by atoms with Gasteiger partial charge in [0.2, 0.25) is 0 Å². The molecule has 0 saturated carbocycles. The van der Waals surface area contributed by atoms with E-state index in [1.807, 2.05) is 0 Å². The number of nitrogens with zero attached hydrogens (tertiary/aromatic N) is 1. The minimum absolute atomic E-state index is 0.0802. The summed E-state index contributed by atoms with van der Waals surface area (Å²) in [6.45, 7) is 4.88. The van der Waals surface area contributed by atoms with Crippen molar-refractivity contribution in [2.45, 2.75) is 38.5 Å². The van der Waals surface area contributed by atoms with Crippen LogP contribution < -0.4 is 5.32 Å². The molecule has 3 unspecified atom stereocenters. The molecule has 1 saturated heterocycles. The summed E-state index contributed by atoms with van der Waals surface area (Å²) in [6.07, 6.45) is 2.20. The second kappa shape index (κ2) is 4.89. The molecule has 0 aliphatic carbocycles. The fourth-order valence-electron chi connectivity index (χ4n) is 2.00. The van der Waals surface area contributed by atoms with E-state index in [0.29, 0.717) is 12.6 Å². The molecule has 1 fully saturated rings. The van der Waals surface area contributed by atoms with E-state index in [2.05, 4.69) is 24.1 Å². The third kappa shape index (κ3) is 2.39. The number of hydrogen-bond donors (Lipinski definition) is 1. The SMILES string of the molecule is CCC1COC(c2ccc(F)cn2)C(C)N1. The molecule has 1 aliphatic rings. The van der Waals surface area contributed by atoms with Crippen molar-refractivity contribution in [2.24, 2.45) is 0 Å². The van der Waals surface area contributed by atoms with Gasteiger partial charge in [-0.3, -0.25) is 4.98 Å². The van der Waals surface area contributed by atoms with Crippen LogP contribution in [-0.2, 0) is 4.74 Å². The van der Waals surface area contributed by atoms with Gasteiger partial charge in [-0.05, 0) is 25.5 Å². The Morgan fingerprint density at radius 2 is 2.38 bits per heavy atom. The van der Waals surface area contributed by atoms with Crippen molar-refractivity contribution < 1.29 is 9.13 Å². The van der Waals surface area contributed by atoms with Gasteiger partial charge in [-0.25, -0.2) is 4.39 Å². The maximum Gasteiger partial charge on any atom is 0.141 e. The Kier molecular flexibility index (Phi) is 3.51. The lowest BCUT2D eigenvalue weighted by molar-refractivity contribution is -0.0275. The molecule has 4 heteroatoms. The van der Waals surface area contributed by atoms with Crippen molar-refractivity contribution in [1.29, 1.82) is 0 Å². The molecule has 1 aliphatic heterocycles. The van der Waals surface area contributed by atoms with E-state index in [-0.39, 0.29) is 18.0 Å². The van der Waals surface area contributed by atoms with Gasteiger partial charge < -0.3 is 10.1 Å². The van der Waals surface area contributed by atoms with Crippen LogP contribution in [0.2, 0.25) is 0 Å². The second-order valence-corrected chi connectivity index (χ2v) is 4.22. The van der Waals surface area contributed by atoms with Gasteiger partial charge in [0.05, 0.1) is 18.5 Å². The summed E-state index contributed by atoms with van der Waals surface area (Å²) >= 11 is 0. The Morgan fingerprint density at radius 3 is 2.94 bits per heavy atom. The van der Waals surface area contributed by atoms with Crippen molar-refractivity contribution in [3.05, 3.63) is 29.8 Å². The van der Waals surface area contributed by atoms with Gasteiger partial charge in [-0.15, -0.1) is 0 Å². The Balaban J connectivity index is 2.08. The van der Waals surface area contributed by atoms with Crippen molar-refractivity contribution in [3.63, 3.8) is 0 Å². The molecule has 2 heterocycles. The molecule has 3 nitrogen and oxygen atoms in total. The zero-order valence-electron chi connectivity index (χ0n) is 9.61. The van der Waals surface area contributed by atoms with Crippen molar-refractivity contribution >= 4 is 0 Å². The first-order valence-electron chi connectivity index (χ1n) is 5.69. The van der Waals surface area contributed by atoms with Crippen LogP contribution in [0.1, 0.15) is 32.1 Å². The van der Waals surface area contributed by atoms with Gasteiger partial charge in [0.1, 0.15) is 11.9 Å². The standard InChI is InChI=1S/C12H17FN2O/c1-3-10-7-16-12(8(2)15-10)11-5-4-9(13)6-14-11/h4-6,8,10,12,15H,3,7H2,1-2H3. The number of ether oxygens (including phenoxy) is 1. The van der Waals surface area contributed by atoms with E-state index in [1.54, 1.807) is 6.07 Å². The van der Waals surface area contributed by atoms with E-state index in [4.69, 9.17) is 4.74 Å². The zero-order valence-corrected chi connectivity index (χ0v) is 9.61. The molecule has 0 aromatic carbocycles.